The minimum absolute atomic E-state index is 0.00377. The van der Waals surface area contributed by atoms with Crippen LogP contribution in [0, 0.1) is 0 Å². The standard InChI is InChI=1S/C19H25N3O4/c1-14(23)21-7-3-8-22(10-9-21)19(25)13-15-4-5-17-16(12-15)20(2)18(24)6-11-26-17/h4-5,12H,3,6-11,13H2,1-2H3. The molecular formula is C19H25N3O4. The van der Waals surface area contributed by atoms with Crippen LogP contribution in [0.4, 0.5) is 5.69 Å². The number of amides is 3. The van der Waals surface area contributed by atoms with E-state index in [1.807, 2.05) is 23.1 Å². The smallest absolute Gasteiger partial charge is 0.230 e. The second kappa shape index (κ2) is 7.76. The van der Waals surface area contributed by atoms with Gasteiger partial charge >= 0.3 is 0 Å². The van der Waals surface area contributed by atoms with Gasteiger partial charge in [-0.25, -0.2) is 0 Å². The number of carbonyl (C=O) groups is 3. The minimum atomic E-state index is 0.00377. The number of hydrogen-bond donors (Lipinski definition) is 0. The minimum Gasteiger partial charge on any atom is -0.491 e. The van der Waals surface area contributed by atoms with Crippen molar-refractivity contribution in [1.29, 1.82) is 0 Å². The molecule has 1 fully saturated rings. The van der Waals surface area contributed by atoms with Crippen molar-refractivity contribution in [3.05, 3.63) is 23.8 Å². The SMILES string of the molecule is CC(=O)N1CCCN(C(=O)Cc2ccc3c(c2)N(C)C(=O)CCO3)CC1. The molecule has 0 spiro atoms. The first-order valence-corrected chi connectivity index (χ1v) is 9.01. The summed E-state index contributed by atoms with van der Waals surface area (Å²) in [6, 6.07) is 5.56. The maximum Gasteiger partial charge on any atom is 0.230 e. The largest absolute Gasteiger partial charge is 0.491 e. The molecule has 3 amide bonds. The van der Waals surface area contributed by atoms with E-state index in [0.717, 1.165) is 12.0 Å². The lowest BCUT2D eigenvalue weighted by Gasteiger charge is -2.22. The maximum absolute atomic E-state index is 12.7. The summed E-state index contributed by atoms with van der Waals surface area (Å²) < 4.78 is 5.62. The molecule has 7 heteroatoms. The van der Waals surface area contributed by atoms with Gasteiger partial charge in [0, 0.05) is 40.2 Å². The molecule has 0 radical (unpaired) electrons. The topological polar surface area (TPSA) is 70.2 Å². The normalized spacial score (nSPS) is 17.9. The maximum atomic E-state index is 12.7. The fourth-order valence-electron chi connectivity index (χ4n) is 3.38. The first kappa shape index (κ1) is 18.2. The Balaban J connectivity index is 1.69. The third kappa shape index (κ3) is 3.98. The van der Waals surface area contributed by atoms with Crippen LogP contribution in [0.1, 0.15) is 25.3 Å². The van der Waals surface area contributed by atoms with Gasteiger partial charge in [0.15, 0.2) is 0 Å². The molecule has 0 saturated carbocycles. The van der Waals surface area contributed by atoms with Gasteiger partial charge < -0.3 is 19.4 Å². The first-order valence-electron chi connectivity index (χ1n) is 9.01. The van der Waals surface area contributed by atoms with E-state index in [9.17, 15) is 14.4 Å². The van der Waals surface area contributed by atoms with Crippen LogP contribution >= 0.6 is 0 Å². The molecule has 0 atom stereocenters. The van der Waals surface area contributed by atoms with Crippen molar-refractivity contribution in [2.24, 2.45) is 0 Å². The van der Waals surface area contributed by atoms with E-state index < -0.39 is 0 Å². The molecule has 2 aliphatic heterocycles. The van der Waals surface area contributed by atoms with Crippen molar-refractivity contribution in [3.8, 4) is 5.75 Å². The van der Waals surface area contributed by atoms with E-state index in [1.165, 1.54) is 0 Å². The van der Waals surface area contributed by atoms with Crippen molar-refractivity contribution in [2.45, 2.75) is 26.2 Å². The molecule has 1 aromatic carbocycles. The number of anilines is 1. The Hall–Kier alpha value is -2.57. The molecule has 0 unspecified atom stereocenters. The van der Waals surface area contributed by atoms with E-state index in [0.29, 0.717) is 50.6 Å². The van der Waals surface area contributed by atoms with Crippen molar-refractivity contribution in [3.63, 3.8) is 0 Å². The monoisotopic (exact) mass is 359 g/mol. The molecule has 0 aliphatic carbocycles. The van der Waals surface area contributed by atoms with Gasteiger partial charge in [-0.2, -0.15) is 0 Å². The molecule has 140 valence electrons. The highest BCUT2D eigenvalue weighted by molar-refractivity contribution is 5.95. The third-order valence-corrected chi connectivity index (χ3v) is 4.98. The number of rotatable bonds is 2. The first-order chi connectivity index (χ1) is 12.5. The van der Waals surface area contributed by atoms with Crippen LogP contribution in [-0.2, 0) is 20.8 Å². The van der Waals surface area contributed by atoms with Gasteiger partial charge in [0.05, 0.1) is 25.1 Å². The Morgan fingerprint density at radius 1 is 1.12 bits per heavy atom. The van der Waals surface area contributed by atoms with Crippen molar-refractivity contribution >= 4 is 23.4 Å². The molecule has 2 aliphatic rings. The van der Waals surface area contributed by atoms with Crippen LogP contribution in [0.5, 0.6) is 5.75 Å². The molecule has 7 nitrogen and oxygen atoms in total. The Bertz CT molecular complexity index is 719. The van der Waals surface area contributed by atoms with Crippen LogP contribution in [0.15, 0.2) is 18.2 Å². The Morgan fingerprint density at radius 3 is 2.62 bits per heavy atom. The highest BCUT2D eigenvalue weighted by Gasteiger charge is 2.23. The number of carbonyl (C=O) groups excluding carboxylic acids is 3. The summed E-state index contributed by atoms with van der Waals surface area (Å²) in [5, 5.41) is 0. The molecule has 0 N–H and O–H groups in total. The van der Waals surface area contributed by atoms with Gasteiger partial charge in [-0.1, -0.05) is 6.07 Å². The Labute approximate surface area is 153 Å². The molecule has 2 heterocycles. The average Bonchev–Trinajstić information content (AvgIpc) is 2.94. The number of benzene rings is 1. The molecule has 0 aromatic heterocycles. The Morgan fingerprint density at radius 2 is 1.85 bits per heavy atom. The van der Waals surface area contributed by atoms with Crippen LogP contribution in [-0.4, -0.2) is 67.4 Å². The fraction of sp³-hybridized carbons (Fsp3) is 0.526. The number of fused-ring (bicyclic) bond motifs is 1. The summed E-state index contributed by atoms with van der Waals surface area (Å²) in [5.41, 5.74) is 1.56. The predicted molar refractivity (Wildman–Crippen MR) is 97.1 cm³/mol. The van der Waals surface area contributed by atoms with Crippen LogP contribution < -0.4 is 9.64 Å². The van der Waals surface area contributed by atoms with E-state index in [1.54, 1.807) is 23.8 Å². The number of hydrogen-bond acceptors (Lipinski definition) is 4. The number of nitrogens with zero attached hydrogens (tertiary/aromatic N) is 3. The molecular weight excluding hydrogens is 334 g/mol. The quantitative estimate of drug-likeness (QED) is 0.792. The summed E-state index contributed by atoms with van der Waals surface area (Å²) in [4.78, 5) is 41.4. The highest BCUT2D eigenvalue weighted by atomic mass is 16.5. The average molecular weight is 359 g/mol. The molecule has 1 aromatic rings. The summed E-state index contributed by atoms with van der Waals surface area (Å²) >= 11 is 0. The van der Waals surface area contributed by atoms with Gasteiger partial charge in [0.1, 0.15) is 5.75 Å². The summed E-state index contributed by atoms with van der Waals surface area (Å²) in [6.07, 6.45) is 1.41. The second-order valence-electron chi connectivity index (χ2n) is 6.77. The van der Waals surface area contributed by atoms with E-state index in [-0.39, 0.29) is 24.1 Å². The van der Waals surface area contributed by atoms with Gasteiger partial charge in [-0.15, -0.1) is 0 Å². The van der Waals surface area contributed by atoms with Gasteiger partial charge in [-0.05, 0) is 24.1 Å². The Kier molecular flexibility index (Phi) is 5.44. The molecule has 26 heavy (non-hydrogen) atoms. The zero-order valence-electron chi connectivity index (χ0n) is 15.4. The van der Waals surface area contributed by atoms with Gasteiger partial charge in [0.25, 0.3) is 0 Å². The zero-order valence-corrected chi connectivity index (χ0v) is 15.4. The van der Waals surface area contributed by atoms with Crippen molar-refractivity contribution in [1.82, 2.24) is 9.80 Å². The lowest BCUT2D eigenvalue weighted by atomic mass is 10.1. The highest BCUT2D eigenvalue weighted by Crippen LogP contribution is 2.31. The molecule has 1 saturated heterocycles. The third-order valence-electron chi connectivity index (χ3n) is 4.98. The number of ether oxygens (including phenoxy) is 1. The van der Waals surface area contributed by atoms with Crippen LogP contribution in [0.3, 0.4) is 0 Å². The lowest BCUT2D eigenvalue weighted by Crippen LogP contribution is -2.37. The lowest BCUT2D eigenvalue weighted by molar-refractivity contribution is -0.132. The second-order valence-corrected chi connectivity index (χ2v) is 6.77. The summed E-state index contributed by atoms with van der Waals surface area (Å²) in [7, 11) is 1.73. The van der Waals surface area contributed by atoms with Crippen LogP contribution in [0.25, 0.3) is 0 Å². The van der Waals surface area contributed by atoms with Crippen molar-refractivity contribution < 1.29 is 19.1 Å². The van der Waals surface area contributed by atoms with Gasteiger partial charge in [0.2, 0.25) is 17.7 Å². The summed E-state index contributed by atoms with van der Waals surface area (Å²) in [6.45, 7) is 4.43. The van der Waals surface area contributed by atoms with E-state index in [4.69, 9.17) is 4.74 Å². The van der Waals surface area contributed by atoms with Gasteiger partial charge in [-0.3, -0.25) is 14.4 Å². The summed E-state index contributed by atoms with van der Waals surface area (Å²) in [5.74, 6) is 0.766. The van der Waals surface area contributed by atoms with E-state index >= 15 is 0 Å². The van der Waals surface area contributed by atoms with E-state index in [2.05, 4.69) is 0 Å². The molecule has 0 bridgehead atoms. The van der Waals surface area contributed by atoms with Crippen LogP contribution in [0.2, 0.25) is 0 Å². The molecule has 3 rings (SSSR count). The van der Waals surface area contributed by atoms with Crippen molar-refractivity contribution in [2.75, 3.05) is 44.7 Å². The zero-order chi connectivity index (χ0) is 18.7. The fourth-order valence-corrected chi connectivity index (χ4v) is 3.38. The predicted octanol–water partition coefficient (Wildman–Crippen LogP) is 1.06.